The van der Waals surface area contributed by atoms with Gasteiger partial charge >= 0.3 is 5.97 Å². The molecule has 1 aromatic carbocycles. The topological polar surface area (TPSA) is 78.6 Å². The van der Waals surface area contributed by atoms with E-state index in [0.29, 0.717) is 12.2 Å². The molecule has 0 aliphatic heterocycles. The minimum atomic E-state index is -0.366. The van der Waals surface area contributed by atoms with Crippen molar-refractivity contribution < 1.29 is 19.1 Å². The van der Waals surface area contributed by atoms with Gasteiger partial charge in [0.1, 0.15) is 12.4 Å². The van der Waals surface area contributed by atoms with Crippen LogP contribution in [0.1, 0.15) is 47.1 Å². The SMILES string of the molecule is C=C(C)C(=O)OC(C)COC(C)(C)C.CC(C=O)CSCCc1ccc(N)cc1. The van der Waals surface area contributed by atoms with Crippen LogP contribution in [0, 0.1) is 5.92 Å². The van der Waals surface area contributed by atoms with Crippen molar-refractivity contribution >= 4 is 29.7 Å². The van der Waals surface area contributed by atoms with Gasteiger partial charge < -0.3 is 20.0 Å². The highest BCUT2D eigenvalue weighted by molar-refractivity contribution is 7.99. The Kier molecular flexibility index (Phi) is 13.4. The lowest BCUT2D eigenvalue weighted by atomic mass is 10.2. The number of ether oxygens (including phenoxy) is 2. The van der Waals surface area contributed by atoms with Crippen LogP contribution in [0.2, 0.25) is 0 Å². The Hall–Kier alpha value is -1.79. The zero-order valence-corrected chi connectivity index (χ0v) is 19.5. The van der Waals surface area contributed by atoms with Crippen LogP contribution in [0.15, 0.2) is 36.4 Å². The van der Waals surface area contributed by atoms with E-state index in [1.54, 1.807) is 13.8 Å². The first-order chi connectivity index (χ1) is 13.4. The Morgan fingerprint density at radius 1 is 1.24 bits per heavy atom. The maximum absolute atomic E-state index is 11.1. The second-order valence-electron chi connectivity index (χ2n) is 8.10. The Morgan fingerprint density at radius 3 is 2.31 bits per heavy atom. The molecule has 2 atom stereocenters. The molecular weight excluding hydrogens is 386 g/mol. The predicted molar refractivity (Wildman–Crippen MR) is 123 cm³/mol. The number of hydrogen-bond donors (Lipinski definition) is 1. The van der Waals surface area contributed by atoms with Crippen molar-refractivity contribution in [2.24, 2.45) is 5.92 Å². The van der Waals surface area contributed by atoms with Crippen LogP contribution in [0.25, 0.3) is 0 Å². The summed E-state index contributed by atoms with van der Waals surface area (Å²) in [7, 11) is 0. The summed E-state index contributed by atoms with van der Waals surface area (Å²) in [5.41, 5.74) is 7.91. The van der Waals surface area contributed by atoms with Crippen LogP contribution in [0.5, 0.6) is 0 Å². The van der Waals surface area contributed by atoms with Gasteiger partial charge in [-0.3, -0.25) is 0 Å². The highest BCUT2D eigenvalue weighted by Gasteiger charge is 2.15. The summed E-state index contributed by atoms with van der Waals surface area (Å²) in [6, 6.07) is 7.96. The molecule has 0 heterocycles. The molecule has 0 bridgehead atoms. The number of benzene rings is 1. The second-order valence-corrected chi connectivity index (χ2v) is 9.25. The number of rotatable bonds is 10. The molecule has 0 fully saturated rings. The Labute approximate surface area is 180 Å². The first kappa shape index (κ1) is 27.2. The standard InChI is InChI=1S/C12H17NOS.C11H20O3/c1-10(8-14)9-15-7-6-11-2-4-12(13)5-3-11;1-8(2)10(12)14-9(3)7-13-11(4,5)6/h2-5,8,10H,6-7,9,13H2,1H3;9H,1,7H2,2-6H3. The average Bonchev–Trinajstić information content (AvgIpc) is 2.64. The summed E-state index contributed by atoms with van der Waals surface area (Å²) < 4.78 is 10.5. The number of aryl methyl sites for hydroxylation is 1. The average molecular weight is 424 g/mol. The fraction of sp³-hybridized carbons (Fsp3) is 0.565. The van der Waals surface area contributed by atoms with Crippen molar-refractivity contribution in [2.75, 3.05) is 23.8 Å². The van der Waals surface area contributed by atoms with Crippen molar-refractivity contribution in [3.8, 4) is 0 Å². The van der Waals surface area contributed by atoms with Gasteiger partial charge in [-0.2, -0.15) is 11.8 Å². The lowest BCUT2D eigenvalue weighted by molar-refractivity contribution is -0.149. The van der Waals surface area contributed by atoms with Crippen LogP contribution in [0.4, 0.5) is 5.69 Å². The Morgan fingerprint density at radius 2 is 1.83 bits per heavy atom. The molecule has 6 heteroatoms. The molecule has 0 spiro atoms. The van der Waals surface area contributed by atoms with E-state index in [-0.39, 0.29) is 23.6 Å². The monoisotopic (exact) mass is 423 g/mol. The molecule has 0 saturated heterocycles. The van der Waals surface area contributed by atoms with Gasteiger partial charge in [0, 0.05) is 22.9 Å². The molecule has 0 aromatic heterocycles. The van der Waals surface area contributed by atoms with E-state index >= 15 is 0 Å². The molecule has 164 valence electrons. The number of esters is 1. The number of anilines is 1. The Balaban J connectivity index is 0.000000543. The van der Waals surface area contributed by atoms with E-state index in [1.807, 2.05) is 51.6 Å². The molecule has 1 aromatic rings. The van der Waals surface area contributed by atoms with E-state index in [2.05, 4.69) is 18.7 Å². The number of carbonyl (C=O) groups excluding carboxylic acids is 2. The summed E-state index contributed by atoms with van der Waals surface area (Å²) in [6.07, 6.45) is 1.81. The van der Waals surface area contributed by atoms with Gasteiger partial charge in [-0.1, -0.05) is 25.6 Å². The molecule has 0 amide bonds. The van der Waals surface area contributed by atoms with Crippen molar-refractivity contribution in [1.29, 1.82) is 0 Å². The molecule has 5 nitrogen and oxygen atoms in total. The molecule has 1 rings (SSSR count). The quantitative estimate of drug-likeness (QED) is 0.193. The van der Waals surface area contributed by atoms with Crippen molar-refractivity contribution in [1.82, 2.24) is 0 Å². The smallest absolute Gasteiger partial charge is 0.333 e. The highest BCUT2D eigenvalue weighted by atomic mass is 32.2. The molecule has 2 N–H and O–H groups in total. The van der Waals surface area contributed by atoms with E-state index < -0.39 is 0 Å². The van der Waals surface area contributed by atoms with Gasteiger partial charge in [0.2, 0.25) is 0 Å². The van der Waals surface area contributed by atoms with Crippen molar-refractivity contribution in [3.63, 3.8) is 0 Å². The summed E-state index contributed by atoms with van der Waals surface area (Å²) in [5.74, 6) is 1.78. The van der Waals surface area contributed by atoms with Crippen LogP contribution in [-0.2, 0) is 25.5 Å². The lowest BCUT2D eigenvalue weighted by Crippen LogP contribution is -2.27. The Bertz CT molecular complexity index is 623. The predicted octanol–water partition coefficient (Wildman–Crippen LogP) is 4.69. The number of nitrogens with two attached hydrogens (primary N) is 1. The van der Waals surface area contributed by atoms with Gasteiger partial charge in [-0.25, -0.2) is 4.79 Å². The van der Waals surface area contributed by atoms with Gasteiger partial charge in [-0.15, -0.1) is 0 Å². The van der Waals surface area contributed by atoms with Gasteiger partial charge in [-0.05, 0) is 64.5 Å². The fourth-order valence-corrected chi connectivity index (χ4v) is 2.86. The molecule has 0 radical (unpaired) electrons. The lowest BCUT2D eigenvalue weighted by Gasteiger charge is -2.22. The summed E-state index contributed by atoms with van der Waals surface area (Å²) in [6.45, 7) is 15.2. The number of carbonyl (C=O) groups is 2. The zero-order chi connectivity index (χ0) is 22.4. The van der Waals surface area contributed by atoms with E-state index in [0.717, 1.165) is 29.9 Å². The minimum Gasteiger partial charge on any atom is -0.457 e. The molecule has 0 aliphatic rings. The molecule has 29 heavy (non-hydrogen) atoms. The van der Waals surface area contributed by atoms with Crippen LogP contribution in [0.3, 0.4) is 0 Å². The van der Waals surface area contributed by atoms with Gasteiger partial charge in [0.05, 0.1) is 12.2 Å². The first-order valence-corrected chi connectivity index (χ1v) is 11.0. The number of hydrogen-bond acceptors (Lipinski definition) is 6. The van der Waals surface area contributed by atoms with Crippen LogP contribution in [-0.4, -0.2) is 42.1 Å². The van der Waals surface area contributed by atoms with Crippen LogP contribution >= 0.6 is 11.8 Å². The minimum absolute atomic E-state index is 0.168. The number of thioether (sulfide) groups is 1. The third kappa shape index (κ3) is 15.8. The van der Waals surface area contributed by atoms with Gasteiger partial charge in [0.25, 0.3) is 0 Å². The third-order valence-corrected chi connectivity index (χ3v) is 4.79. The van der Waals surface area contributed by atoms with E-state index in [4.69, 9.17) is 15.2 Å². The molecule has 0 aliphatic carbocycles. The van der Waals surface area contributed by atoms with Crippen molar-refractivity contribution in [3.05, 3.63) is 42.0 Å². The highest BCUT2D eigenvalue weighted by Crippen LogP contribution is 2.12. The maximum atomic E-state index is 11.1. The largest absolute Gasteiger partial charge is 0.457 e. The third-order valence-electron chi connectivity index (χ3n) is 3.54. The maximum Gasteiger partial charge on any atom is 0.333 e. The normalized spacial score (nSPS) is 12.9. The number of nitrogen functional groups attached to an aromatic ring is 1. The zero-order valence-electron chi connectivity index (χ0n) is 18.7. The van der Waals surface area contributed by atoms with Crippen molar-refractivity contribution in [2.45, 2.75) is 59.7 Å². The fourth-order valence-electron chi connectivity index (χ4n) is 1.87. The molecular formula is C23H37NO4S. The first-order valence-electron chi connectivity index (χ1n) is 9.82. The number of aldehydes is 1. The summed E-state index contributed by atoms with van der Waals surface area (Å²) >= 11 is 1.82. The van der Waals surface area contributed by atoms with Gasteiger partial charge in [0.15, 0.2) is 0 Å². The molecule has 2 unspecified atom stereocenters. The summed E-state index contributed by atoms with van der Waals surface area (Å²) in [4.78, 5) is 21.5. The summed E-state index contributed by atoms with van der Waals surface area (Å²) in [5, 5.41) is 0. The van der Waals surface area contributed by atoms with E-state index in [9.17, 15) is 9.59 Å². The van der Waals surface area contributed by atoms with E-state index in [1.165, 1.54) is 5.56 Å². The van der Waals surface area contributed by atoms with Crippen LogP contribution < -0.4 is 5.73 Å². The second kappa shape index (κ2) is 14.2. The molecule has 0 saturated carbocycles.